The molecule has 0 aromatic carbocycles. The Hall–Kier alpha value is -1.70. The van der Waals surface area contributed by atoms with Gasteiger partial charge in [0, 0.05) is 38.8 Å². The second kappa shape index (κ2) is 4.69. The van der Waals surface area contributed by atoms with Crippen molar-refractivity contribution in [3.8, 4) is 6.07 Å². The van der Waals surface area contributed by atoms with Gasteiger partial charge in [0.2, 0.25) is 0 Å². The van der Waals surface area contributed by atoms with Crippen molar-refractivity contribution in [2.24, 2.45) is 11.3 Å². The third-order valence-electron chi connectivity index (χ3n) is 3.84. The molecule has 0 spiro atoms. The van der Waals surface area contributed by atoms with Gasteiger partial charge in [-0.05, 0) is 33.1 Å². The minimum Gasteiger partial charge on any atom is -0.444 e. The standard InChI is InChI=1S/C15H23N3O2/c1-14(2,3)20-13(19)18-9-11-6-15(11,10-18)12(7-16)8-17(4)5/h8,11H,6,9-10H2,1-5H3/b12-8+. The van der Waals surface area contributed by atoms with Gasteiger partial charge in [-0.3, -0.25) is 0 Å². The zero-order chi connectivity index (χ0) is 15.1. The minimum absolute atomic E-state index is 0.129. The van der Waals surface area contributed by atoms with Gasteiger partial charge in [0.25, 0.3) is 0 Å². The number of amides is 1. The Balaban J connectivity index is 2.07. The molecule has 0 aromatic heterocycles. The van der Waals surface area contributed by atoms with Crippen molar-refractivity contribution in [3.05, 3.63) is 11.8 Å². The van der Waals surface area contributed by atoms with Gasteiger partial charge in [-0.15, -0.1) is 0 Å². The lowest BCUT2D eigenvalue weighted by molar-refractivity contribution is 0.0266. The Bertz CT molecular complexity index is 484. The van der Waals surface area contributed by atoms with Crippen LogP contribution in [-0.4, -0.2) is 48.7 Å². The lowest BCUT2D eigenvalue weighted by atomic mass is 9.96. The second-order valence-electron chi connectivity index (χ2n) is 7.04. The number of carbonyl (C=O) groups is 1. The summed E-state index contributed by atoms with van der Waals surface area (Å²) in [5.41, 5.74) is 0.170. The molecule has 1 saturated heterocycles. The molecule has 20 heavy (non-hydrogen) atoms. The van der Waals surface area contributed by atoms with Crippen molar-refractivity contribution in [3.63, 3.8) is 0 Å². The Morgan fingerprint density at radius 3 is 2.65 bits per heavy atom. The number of likely N-dealkylation sites (tertiary alicyclic amines) is 1. The molecule has 5 nitrogen and oxygen atoms in total. The first-order chi connectivity index (χ1) is 9.18. The van der Waals surface area contributed by atoms with Crippen LogP contribution in [0.2, 0.25) is 0 Å². The number of piperidine rings is 1. The fourth-order valence-electron chi connectivity index (χ4n) is 2.89. The largest absolute Gasteiger partial charge is 0.444 e. The van der Waals surface area contributed by atoms with Crippen LogP contribution in [0.1, 0.15) is 27.2 Å². The quantitative estimate of drug-likeness (QED) is 0.726. The van der Waals surface area contributed by atoms with Crippen molar-refractivity contribution >= 4 is 6.09 Å². The molecular weight excluding hydrogens is 254 g/mol. The summed E-state index contributed by atoms with van der Waals surface area (Å²) in [6.07, 6.45) is 2.60. The molecule has 5 heteroatoms. The highest BCUT2D eigenvalue weighted by Gasteiger charge is 2.63. The molecule has 2 aliphatic rings. The van der Waals surface area contributed by atoms with E-state index in [4.69, 9.17) is 4.74 Å². The lowest BCUT2D eigenvalue weighted by Crippen LogP contribution is -2.37. The van der Waals surface area contributed by atoms with Crippen molar-refractivity contribution < 1.29 is 9.53 Å². The molecule has 110 valence electrons. The van der Waals surface area contributed by atoms with E-state index in [-0.39, 0.29) is 11.5 Å². The van der Waals surface area contributed by atoms with Crippen molar-refractivity contribution in [2.75, 3.05) is 27.2 Å². The third-order valence-corrected chi connectivity index (χ3v) is 3.84. The molecule has 0 radical (unpaired) electrons. The topological polar surface area (TPSA) is 56.6 Å². The van der Waals surface area contributed by atoms with E-state index >= 15 is 0 Å². The predicted molar refractivity (Wildman–Crippen MR) is 75.7 cm³/mol. The number of nitrogens with zero attached hydrogens (tertiary/aromatic N) is 3. The summed E-state index contributed by atoms with van der Waals surface area (Å²) in [5.74, 6) is 0.404. The molecule has 1 saturated carbocycles. The van der Waals surface area contributed by atoms with E-state index in [9.17, 15) is 10.1 Å². The van der Waals surface area contributed by atoms with E-state index in [2.05, 4.69) is 6.07 Å². The first-order valence-electron chi connectivity index (χ1n) is 6.95. The first-order valence-corrected chi connectivity index (χ1v) is 6.95. The summed E-state index contributed by atoms with van der Waals surface area (Å²) in [6, 6.07) is 2.31. The average molecular weight is 277 g/mol. The molecule has 2 unspecified atom stereocenters. The van der Waals surface area contributed by atoms with E-state index in [1.54, 1.807) is 4.90 Å². The summed E-state index contributed by atoms with van der Waals surface area (Å²) >= 11 is 0. The van der Waals surface area contributed by atoms with Gasteiger partial charge in [-0.25, -0.2) is 4.79 Å². The number of fused-ring (bicyclic) bond motifs is 1. The van der Waals surface area contributed by atoms with Crippen LogP contribution in [0.15, 0.2) is 11.8 Å². The fourth-order valence-corrected chi connectivity index (χ4v) is 2.89. The number of carbonyl (C=O) groups excluding carboxylic acids is 1. The number of nitriles is 1. The van der Waals surface area contributed by atoms with Crippen LogP contribution in [0, 0.1) is 22.7 Å². The normalized spacial score (nSPS) is 28.7. The van der Waals surface area contributed by atoms with Crippen molar-refractivity contribution in [1.29, 1.82) is 5.26 Å². The highest BCUT2D eigenvalue weighted by Crippen LogP contribution is 2.62. The van der Waals surface area contributed by atoms with E-state index in [0.29, 0.717) is 19.0 Å². The monoisotopic (exact) mass is 277 g/mol. The van der Waals surface area contributed by atoms with E-state index in [1.807, 2.05) is 46.0 Å². The predicted octanol–water partition coefficient (Wildman–Crippen LogP) is 2.21. The maximum absolute atomic E-state index is 12.1. The SMILES string of the molecule is CN(C)/C=C(\C#N)C12CC1CN(C(=O)OC(C)(C)C)C2. The van der Waals surface area contributed by atoms with Crippen LogP contribution < -0.4 is 0 Å². The molecule has 1 heterocycles. The molecular formula is C15H23N3O2. The van der Waals surface area contributed by atoms with Gasteiger partial charge in [-0.2, -0.15) is 5.26 Å². The molecule has 1 aliphatic carbocycles. The molecule has 2 rings (SSSR count). The second-order valence-corrected chi connectivity index (χ2v) is 7.04. The van der Waals surface area contributed by atoms with Gasteiger partial charge in [-0.1, -0.05) is 0 Å². The van der Waals surface area contributed by atoms with Gasteiger partial charge in [0.1, 0.15) is 5.60 Å². The Labute approximate surface area is 120 Å². The number of hydrogen-bond acceptors (Lipinski definition) is 4. The molecule has 1 amide bonds. The van der Waals surface area contributed by atoms with E-state index in [0.717, 1.165) is 12.0 Å². The van der Waals surface area contributed by atoms with Crippen LogP contribution in [0.3, 0.4) is 0 Å². The van der Waals surface area contributed by atoms with Crippen LogP contribution in [-0.2, 0) is 4.74 Å². The van der Waals surface area contributed by atoms with Crippen LogP contribution in [0.5, 0.6) is 0 Å². The lowest BCUT2D eigenvalue weighted by Gasteiger charge is -2.26. The Kier molecular flexibility index (Phi) is 3.45. The zero-order valence-electron chi connectivity index (χ0n) is 12.9. The van der Waals surface area contributed by atoms with Crippen molar-refractivity contribution in [1.82, 2.24) is 9.80 Å². The summed E-state index contributed by atoms with van der Waals surface area (Å²) in [4.78, 5) is 15.7. The van der Waals surface area contributed by atoms with E-state index < -0.39 is 5.60 Å². The maximum atomic E-state index is 12.1. The third kappa shape index (κ3) is 2.74. The molecule has 0 aromatic rings. The maximum Gasteiger partial charge on any atom is 0.410 e. The molecule has 2 fully saturated rings. The summed E-state index contributed by atoms with van der Waals surface area (Å²) in [7, 11) is 3.82. The van der Waals surface area contributed by atoms with Gasteiger partial charge < -0.3 is 14.5 Å². The highest BCUT2D eigenvalue weighted by molar-refractivity contribution is 5.69. The minimum atomic E-state index is -0.478. The average Bonchev–Trinajstić information content (AvgIpc) is 2.86. The molecule has 0 N–H and O–H groups in total. The van der Waals surface area contributed by atoms with E-state index in [1.165, 1.54) is 0 Å². The van der Waals surface area contributed by atoms with Crippen molar-refractivity contribution in [2.45, 2.75) is 32.8 Å². The Morgan fingerprint density at radius 2 is 2.15 bits per heavy atom. The van der Waals surface area contributed by atoms with Gasteiger partial charge in [0.05, 0.1) is 11.6 Å². The Morgan fingerprint density at radius 1 is 1.50 bits per heavy atom. The number of hydrogen-bond donors (Lipinski definition) is 0. The molecule has 2 atom stereocenters. The number of rotatable bonds is 2. The summed E-state index contributed by atoms with van der Waals surface area (Å²) < 4.78 is 5.40. The summed E-state index contributed by atoms with van der Waals surface area (Å²) in [6.45, 7) is 6.89. The van der Waals surface area contributed by atoms with Gasteiger partial charge >= 0.3 is 6.09 Å². The first kappa shape index (κ1) is 14.7. The van der Waals surface area contributed by atoms with Crippen LogP contribution >= 0.6 is 0 Å². The molecule has 0 bridgehead atoms. The summed E-state index contributed by atoms with van der Waals surface area (Å²) in [5, 5.41) is 9.36. The molecule has 1 aliphatic heterocycles. The fraction of sp³-hybridized carbons (Fsp3) is 0.733. The number of ether oxygens (including phenoxy) is 1. The zero-order valence-corrected chi connectivity index (χ0v) is 12.9. The van der Waals surface area contributed by atoms with Crippen LogP contribution in [0.4, 0.5) is 4.79 Å². The van der Waals surface area contributed by atoms with Crippen LogP contribution in [0.25, 0.3) is 0 Å². The van der Waals surface area contributed by atoms with Gasteiger partial charge in [0.15, 0.2) is 0 Å². The smallest absolute Gasteiger partial charge is 0.410 e. The highest BCUT2D eigenvalue weighted by atomic mass is 16.6.